The summed E-state index contributed by atoms with van der Waals surface area (Å²) in [5, 5.41) is 3.48. The fourth-order valence-electron chi connectivity index (χ4n) is 4.16. The number of hydrogen-bond donors (Lipinski definition) is 1. The second-order valence-corrected chi connectivity index (χ2v) is 6.79. The van der Waals surface area contributed by atoms with Crippen molar-refractivity contribution in [1.29, 1.82) is 0 Å². The maximum Gasteiger partial charge on any atom is 0.0369 e. The zero-order chi connectivity index (χ0) is 14.5. The molecule has 1 N–H and O–H groups in total. The highest BCUT2D eigenvalue weighted by molar-refractivity contribution is 5.49. The molecule has 0 amide bonds. The highest BCUT2D eigenvalue weighted by Gasteiger charge is 2.33. The number of nitrogens with zero attached hydrogens (tertiary/aromatic N) is 1. The fourth-order valence-corrected chi connectivity index (χ4v) is 4.16. The molecule has 2 heteroatoms. The predicted molar refractivity (Wildman–Crippen MR) is 90.8 cm³/mol. The molecular weight excluding hydrogens is 256 g/mol. The van der Waals surface area contributed by atoms with E-state index in [2.05, 4.69) is 41.4 Å². The highest BCUT2D eigenvalue weighted by Crippen LogP contribution is 2.37. The van der Waals surface area contributed by atoms with Crippen LogP contribution in [0.5, 0.6) is 0 Å². The minimum absolute atomic E-state index is 0.816. The summed E-state index contributed by atoms with van der Waals surface area (Å²) in [5.74, 6) is 0.957. The Hall–Kier alpha value is -1.02. The van der Waals surface area contributed by atoms with Crippen LogP contribution >= 0.6 is 0 Å². The molecule has 0 aromatic heterocycles. The van der Waals surface area contributed by atoms with Gasteiger partial charge in [-0.1, -0.05) is 31.9 Å². The molecule has 1 saturated heterocycles. The molecule has 21 heavy (non-hydrogen) atoms. The molecule has 1 heterocycles. The Morgan fingerprint density at radius 2 is 1.81 bits per heavy atom. The second kappa shape index (κ2) is 7.31. The van der Waals surface area contributed by atoms with Gasteiger partial charge in [-0.15, -0.1) is 0 Å². The van der Waals surface area contributed by atoms with Gasteiger partial charge in [0.05, 0.1) is 0 Å². The van der Waals surface area contributed by atoms with Gasteiger partial charge in [0.2, 0.25) is 0 Å². The molecule has 1 aromatic rings. The molecule has 0 spiro atoms. The Labute approximate surface area is 129 Å². The molecule has 3 rings (SSSR count). The molecule has 2 fully saturated rings. The summed E-state index contributed by atoms with van der Waals surface area (Å²) in [4.78, 5) is 2.69. The summed E-state index contributed by atoms with van der Waals surface area (Å²) in [5.41, 5.74) is 2.85. The Balaban J connectivity index is 1.62. The van der Waals surface area contributed by atoms with Crippen LogP contribution in [0.3, 0.4) is 0 Å². The van der Waals surface area contributed by atoms with Gasteiger partial charge in [-0.2, -0.15) is 0 Å². The zero-order valence-electron chi connectivity index (χ0n) is 13.5. The van der Waals surface area contributed by atoms with E-state index in [1.165, 1.54) is 62.7 Å². The van der Waals surface area contributed by atoms with Gasteiger partial charge in [-0.3, -0.25) is 0 Å². The van der Waals surface area contributed by atoms with Crippen LogP contribution in [-0.2, 0) is 6.54 Å². The zero-order valence-corrected chi connectivity index (χ0v) is 13.5. The van der Waals surface area contributed by atoms with Crippen LogP contribution in [-0.4, -0.2) is 19.1 Å². The van der Waals surface area contributed by atoms with Gasteiger partial charge in [-0.25, -0.2) is 0 Å². The average molecular weight is 286 g/mol. The van der Waals surface area contributed by atoms with Crippen LogP contribution in [0, 0.1) is 5.92 Å². The van der Waals surface area contributed by atoms with Crippen molar-refractivity contribution in [3.05, 3.63) is 29.8 Å². The Morgan fingerprint density at radius 3 is 2.52 bits per heavy atom. The molecule has 1 aromatic carbocycles. The molecule has 2 nitrogen and oxygen atoms in total. The van der Waals surface area contributed by atoms with Crippen molar-refractivity contribution >= 4 is 5.69 Å². The molecule has 1 aliphatic carbocycles. The average Bonchev–Trinajstić information content (AvgIpc) is 3.19. The third-order valence-electron chi connectivity index (χ3n) is 5.27. The Bertz CT molecular complexity index is 420. The maximum absolute atomic E-state index is 3.48. The van der Waals surface area contributed by atoms with E-state index in [0.29, 0.717) is 0 Å². The fraction of sp³-hybridized carbons (Fsp3) is 0.684. The van der Waals surface area contributed by atoms with Crippen molar-refractivity contribution < 1.29 is 0 Å². The molecular formula is C19H30N2. The maximum atomic E-state index is 3.48. The first-order valence-electron chi connectivity index (χ1n) is 8.95. The van der Waals surface area contributed by atoms with Crippen LogP contribution in [0.2, 0.25) is 0 Å². The molecule has 0 radical (unpaired) electrons. The Kier molecular flexibility index (Phi) is 5.18. The number of rotatable bonds is 6. The first-order chi connectivity index (χ1) is 10.4. The van der Waals surface area contributed by atoms with Crippen LogP contribution in [0.4, 0.5) is 5.69 Å². The molecule has 0 bridgehead atoms. The monoisotopic (exact) mass is 286 g/mol. The van der Waals surface area contributed by atoms with Gasteiger partial charge in [0.25, 0.3) is 0 Å². The third kappa shape index (κ3) is 3.60. The first-order valence-corrected chi connectivity index (χ1v) is 8.95. The van der Waals surface area contributed by atoms with Crippen molar-refractivity contribution in [3.8, 4) is 0 Å². The molecule has 1 atom stereocenters. The normalized spacial score (nSPS) is 23.1. The van der Waals surface area contributed by atoms with Gasteiger partial charge in [0.15, 0.2) is 0 Å². The molecule has 2 aliphatic rings. The molecule has 1 unspecified atom stereocenters. The molecule has 116 valence electrons. The minimum atomic E-state index is 0.816. The van der Waals surface area contributed by atoms with Gasteiger partial charge < -0.3 is 10.2 Å². The van der Waals surface area contributed by atoms with E-state index >= 15 is 0 Å². The summed E-state index contributed by atoms with van der Waals surface area (Å²) >= 11 is 0. The quantitative estimate of drug-likeness (QED) is 0.782. The largest absolute Gasteiger partial charge is 0.368 e. The van der Waals surface area contributed by atoms with Gasteiger partial charge >= 0.3 is 0 Å². The minimum Gasteiger partial charge on any atom is -0.368 e. The standard InChI is InChI=1S/C19H30N2/c1-2-13-20-15-16-9-11-18(12-10-16)21-14-5-8-19(21)17-6-3-4-7-17/h9-12,17,19-20H,2-8,13-15H2,1H3. The van der Waals surface area contributed by atoms with Gasteiger partial charge in [-0.05, 0) is 62.3 Å². The van der Waals surface area contributed by atoms with E-state index < -0.39 is 0 Å². The van der Waals surface area contributed by atoms with Gasteiger partial charge in [0, 0.05) is 24.8 Å². The SMILES string of the molecule is CCCNCc1ccc(N2CCCC2C2CCCC2)cc1. The molecule has 1 saturated carbocycles. The van der Waals surface area contributed by atoms with Crippen molar-refractivity contribution in [2.75, 3.05) is 18.0 Å². The van der Waals surface area contributed by atoms with E-state index in [4.69, 9.17) is 0 Å². The van der Waals surface area contributed by atoms with Crippen LogP contribution in [0.15, 0.2) is 24.3 Å². The van der Waals surface area contributed by atoms with E-state index in [9.17, 15) is 0 Å². The van der Waals surface area contributed by atoms with Crippen molar-refractivity contribution in [1.82, 2.24) is 5.32 Å². The Morgan fingerprint density at radius 1 is 1.05 bits per heavy atom. The third-order valence-corrected chi connectivity index (χ3v) is 5.27. The van der Waals surface area contributed by atoms with Crippen molar-refractivity contribution in [3.63, 3.8) is 0 Å². The summed E-state index contributed by atoms with van der Waals surface area (Å²) in [7, 11) is 0. The lowest BCUT2D eigenvalue weighted by atomic mass is 9.95. The van der Waals surface area contributed by atoms with E-state index in [1.54, 1.807) is 0 Å². The lowest BCUT2D eigenvalue weighted by molar-refractivity contribution is 0.431. The lowest BCUT2D eigenvalue weighted by Gasteiger charge is -2.31. The predicted octanol–water partition coefficient (Wildman–Crippen LogP) is 4.35. The second-order valence-electron chi connectivity index (χ2n) is 6.79. The van der Waals surface area contributed by atoms with Crippen LogP contribution in [0.1, 0.15) is 57.4 Å². The van der Waals surface area contributed by atoms with Gasteiger partial charge in [0.1, 0.15) is 0 Å². The summed E-state index contributed by atoms with van der Waals surface area (Å²) in [6.45, 7) is 5.58. The smallest absolute Gasteiger partial charge is 0.0369 e. The van der Waals surface area contributed by atoms with Crippen LogP contribution in [0.25, 0.3) is 0 Å². The van der Waals surface area contributed by atoms with Crippen molar-refractivity contribution in [2.45, 2.75) is 64.5 Å². The number of hydrogen-bond acceptors (Lipinski definition) is 2. The number of nitrogens with one attached hydrogen (secondary N) is 1. The lowest BCUT2D eigenvalue weighted by Crippen LogP contribution is -2.34. The summed E-state index contributed by atoms with van der Waals surface area (Å²) in [6, 6.07) is 10.1. The summed E-state index contributed by atoms with van der Waals surface area (Å²) < 4.78 is 0. The molecule has 1 aliphatic heterocycles. The number of benzene rings is 1. The first kappa shape index (κ1) is 14.9. The number of anilines is 1. The van der Waals surface area contributed by atoms with E-state index in [1.807, 2.05) is 0 Å². The van der Waals surface area contributed by atoms with Crippen LogP contribution < -0.4 is 10.2 Å². The van der Waals surface area contributed by atoms with Crippen molar-refractivity contribution in [2.24, 2.45) is 5.92 Å². The van der Waals surface area contributed by atoms with E-state index in [0.717, 1.165) is 25.0 Å². The summed E-state index contributed by atoms with van der Waals surface area (Å²) in [6.07, 6.45) is 9.81. The topological polar surface area (TPSA) is 15.3 Å². The highest BCUT2D eigenvalue weighted by atomic mass is 15.2. The van der Waals surface area contributed by atoms with E-state index in [-0.39, 0.29) is 0 Å².